The second kappa shape index (κ2) is 12.6. The molecule has 11 heteroatoms. The Morgan fingerprint density at radius 1 is 1.15 bits per heavy atom. The molecule has 1 unspecified atom stereocenters. The minimum atomic E-state index is -4.61. The lowest BCUT2D eigenvalue weighted by atomic mass is 9.74. The quantitative estimate of drug-likeness (QED) is 0.412. The number of Topliss-reactive ketones (excluding diaryl/α,β-unsaturated/α-hetero) is 1. The van der Waals surface area contributed by atoms with Gasteiger partial charge in [0.1, 0.15) is 11.5 Å². The standard InChI is InChI=1S/C26H24ClF3N2O4.C2H6O/c1-13-22(25(34)32-19-11-14(26(28,29)30)7-10-17(19)27)23(24-18(31-13)5-4-6-20(24)33)16-9-8-15(35-2)12-21(16)36-3;1-2-3/h7-12,23,31H,4-6H2,1-3H3,(H,32,34);3H,2H2,1H3. The van der Waals surface area contributed by atoms with Gasteiger partial charge in [0.2, 0.25) is 0 Å². The zero-order valence-corrected chi connectivity index (χ0v) is 22.7. The van der Waals surface area contributed by atoms with Crippen molar-refractivity contribution in [2.24, 2.45) is 0 Å². The lowest BCUT2D eigenvalue weighted by Gasteiger charge is -2.35. The molecule has 2 aromatic rings. The van der Waals surface area contributed by atoms with Crippen molar-refractivity contribution in [2.45, 2.75) is 45.2 Å². The van der Waals surface area contributed by atoms with Gasteiger partial charge in [-0.2, -0.15) is 13.2 Å². The van der Waals surface area contributed by atoms with Crippen LogP contribution in [0.3, 0.4) is 0 Å². The summed E-state index contributed by atoms with van der Waals surface area (Å²) >= 11 is 6.12. The van der Waals surface area contributed by atoms with Crippen molar-refractivity contribution < 1.29 is 37.3 Å². The monoisotopic (exact) mass is 566 g/mol. The van der Waals surface area contributed by atoms with Gasteiger partial charge in [0, 0.05) is 47.2 Å². The average molecular weight is 567 g/mol. The van der Waals surface area contributed by atoms with Crippen LogP contribution in [0, 0.1) is 0 Å². The Kier molecular flexibility index (Phi) is 9.68. The van der Waals surface area contributed by atoms with Crippen LogP contribution in [0.1, 0.15) is 50.2 Å². The van der Waals surface area contributed by atoms with E-state index in [0.717, 1.165) is 23.9 Å². The molecule has 1 atom stereocenters. The van der Waals surface area contributed by atoms with Gasteiger partial charge >= 0.3 is 6.18 Å². The summed E-state index contributed by atoms with van der Waals surface area (Å²) < 4.78 is 50.7. The number of hydrogen-bond acceptors (Lipinski definition) is 6. The van der Waals surface area contributed by atoms with Gasteiger partial charge in [-0.25, -0.2) is 0 Å². The first-order chi connectivity index (χ1) is 18.5. The maximum atomic E-state index is 13.6. The Hall–Kier alpha value is -3.50. The number of ether oxygens (including phenoxy) is 2. The number of aliphatic hydroxyl groups is 1. The fraction of sp³-hybridized carbons (Fsp3) is 0.357. The Balaban J connectivity index is 0.00000134. The predicted molar refractivity (Wildman–Crippen MR) is 142 cm³/mol. The highest BCUT2D eigenvalue weighted by Crippen LogP contribution is 2.46. The molecule has 210 valence electrons. The predicted octanol–water partition coefficient (Wildman–Crippen LogP) is 5.98. The molecule has 1 heterocycles. The maximum Gasteiger partial charge on any atom is 0.416 e. The number of halogens is 4. The highest BCUT2D eigenvalue weighted by molar-refractivity contribution is 6.34. The number of benzene rings is 2. The summed E-state index contributed by atoms with van der Waals surface area (Å²) in [6.07, 6.45) is -2.99. The summed E-state index contributed by atoms with van der Waals surface area (Å²) in [5, 5.41) is 13.2. The molecule has 7 nitrogen and oxygen atoms in total. The molecule has 0 spiro atoms. The molecule has 1 amide bonds. The number of anilines is 1. The summed E-state index contributed by atoms with van der Waals surface area (Å²) in [4.78, 5) is 26.7. The minimum absolute atomic E-state index is 0.0504. The van der Waals surface area contributed by atoms with Crippen LogP contribution in [0.2, 0.25) is 5.02 Å². The number of nitrogens with one attached hydrogen (secondary N) is 2. The van der Waals surface area contributed by atoms with Crippen LogP contribution in [0.5, 0.6) is 11.5 Å². The number of methoxy groups -OCH3 is 2. The number of carbonyl (C=O) groups excluding carboxylic acids is 2. The van der Waals surface area contributed by atoms with Crippen molar-refractivity contribution in [3.63, 3.8) is 0 Å². The molecular formula is C28H30ClF3N2O5. The van der Waals surface area contributed by atoms with Crippen molar-refractivity contribution in [1.82, 2.24) is 5.32 Å². The van der Waals surface area contributed by atoms with Crippen LogP contribution in [-0.4, -0.2) is 37.6 Å². The van der Waals surface area contributed by atoms with E-state index in [1.54, 1.807) is 32.0 Å². The number of hydrogen-bond donors (Lipinski definition) is 3. The highest BCUT2D eigenvalue weighted by atomic mass is 35.5. The van der Waals surface area contributed by atoms with Gasteiger partial charge < -0.3 is 25.2 Å². The third-order valence-electron chi connectivity index (χ3n) is 6.31. The lowest BCUT2D eigenvalue weighted by molar-refractivity contribution is -0.137. The number of carbonyl (C=O) groups is 2. The molecule has 0 fully saturated rings. The molecule has 0 bridgehead atoms. The molecule has 1 aliphatic heterocycles. The third kappa shape index (κ3) is 6.57. The summed E-state index contributed by atoms with van der Waals surface area (Å²) in [6, 6.07) is 7.77. The summed E-state index contributed by atoms with van der Waals surface area (Å²) in [5.41, 5.74) is 1.24. The van der Waals surface area contributed by atoms with Crippen molar-refractivity contribution in [3.05, 3.63) is 75.1 Å². The van der Waals surface area contributed by atoms with Crippen molar-refractivity contribution in [3.8, 4) is 11.5 Å². The molecule has 4 rings (SSSR count). The number of allylic oxidation sites excluding steroid dienone is 3. The molecule has 39 heavy (non-hydrogen) atoms. The fourth-order valence-electron chi connectivity index (χ4n) is 4.64. The first-order valence-corrected chi connectivity index (χ1v) is 12.6. The van der Waals surface area contributed by atoms with Gasteiger partial charge in [-0.05, 0) is 51.0 Å². The van der Waals surface area contributed by atoms with Gasteiger partial charge in [-0.1, -0.05) is 17.7 Å². The zero-order chi connectivity index (χ0) is 28.9. The molecule has 0 saturated carbocycles. The Morgan fingerprint density at radius 3 is 2.46 bits per heavy atom. The number of dihydropyridines is 1. The Morgan fingerprint density at radius 2 is 1.85 bits per heavy atom. The van der Waals surface area contributed by atoms with E-state index in [4.69, 9.17) is 26.2 Å². The maximum absolute atomic E-state index is 13.6. The Labute approximate surface area is 229 Å². The second-order valence-electron chi connectivity index (χ2n) is 8.84. The number of alkyl halides is 3. The molecule has 2 aromatic carbocycles. The minimum Gasteiger partial charge on any atom is -0.497 e. The van der Waals surface area contributed by atoms with E-state index in [-0.39, 0.29) is 28.7 Å². The van der Waals surface area contributed by atoms with Gasteiger partial charge in [0.15, 0.2) is 5.78 Å². The van der Waals surface area contributed by atoms with E-state index < -0.39 is 23.6 Å². The van der Waals surface area contributed by atoms with Gasteiger partial charge in [0.25, 0.3) is 5.91 Å². The van der Waals surface area contributed by atoms with Crippen molar-refractivity contribution in [2.75, 3.05) is 26.1 Å². The SMILES string of the molecule is CCO.COc1ccc(C2C(C(=O)Nc3cc(C(F)(F)F)ccc3Cl)=C(C)NC3=C2C(=O)CCC3)c(OC)c1. The number of rotatable bonds is 5. The topological polar surface area (TPSA) is 96.9 Å². The molecular weight excluding hydrogens is 537 g/mol. The summed E-state index contributed by atoms with van der Waals surface area (Å²) in [5.74, 6) is -0.673. The van der Waals surface area contributed by atoms with Gasteiger partial charge in [-0.15, -0.1) is 0 Å². The van der Waals surface area contributed by atoms with E-state index in [0.29, 0.717) is 47.6 Å². The molecule has 1 aliphatic carbocycles. The van der Waals surface area contributed by atoms with Crippen LogP contribution < -0.4 is 20.1 Å². The van der Waals surface area contributed by atoms with Crippen molar-refractivity contribution in [1.29, 1.82) is 0 Å². The van der Waals surface area contributed by atoms with Crippen LogP contribution >= 0.6 is 11.6 Å². The molecule has 0 radical (unpaired) electrons. The second-order valence-corrected chi connectivity index (χ2v) is 9.24. The van der Waals surface area contributed by atoms with Crippen LogP contribution in [0.15, 0.2) is 58.9 Å². The summed E-state index contributed by atoms with van der Waals surface area (Å²) in [7, 11) is 2.97. The van der Waals surface area contributed by atoms with E-state index in [1.165, 1.54) is 14.2 Å². The van der Waals surface area contributed by atoms with Crippen LogP contribution in [-0.2, 0) is 15.8 Å². The number of amides is 1. The van der Waals surface area contributed by atoms with Crippen molar-refractivity contribution >= 4 is 29.0 Å². The molecule has 0 aromatic heterocycles. The Bertz CT molecular complexity index is 1320. The van der Waals surface area contributed by atoms with Gasteiger partial charge in [-0.3, -0.25) is 9.59 Å². The van der Waals surface area contributed by atoms with E-state index in [1.807, 2.05) is 0 Å². The first kappa shape index (κ1) is 30.0. The zero-order valence-electron chi connectivity index (χ0n) is 22.0. The lowest BCUT2D eigenvalue weighted by Crippen LogP contribution is -2.35. The first-order valence-electron chi connectivity index (χ1n) is 12.2. The normalized spacial score (nSPS) is 17.1. The average Bonchev–Trinajstić information content (AvgIpc) is 2.88. The summed E-state index contributed by atoms with van der Waals surface area (Å²) in [6.45, 7) is 3.62. The smallest absolute Gasteiger partial charge is 0.416 e. The van der Waals surface area contributed by atoms with Crippen LogP contribution in [0.25, 0.3) is 0 Å². The van der Waals surface area contributed by atoms with E-state index in [2.05, 4.69) is 10.6 Å². The fourth-order valence-corrected chi connectivity index (χ4v) is 4.80. The largest absolute Gasteiger partial charge is 0.497 e. The number of aliphatic hydroxyl groups excluding tert-OH is 1. The third-order valence-corrected chi connectivity index (χ3v) is 6.64. The molecule has 2 aliphatic rings. The molecule has 0 saturated heterocycles. The molecule has 3 N–H and O–H groups in total. The van der Waals surface area contributed by atoms with E-state index >= 15 is 0 Å². The van der Waals surface area contributed by atoms with Gasteiger partial charge in [0.05, 0.1) is 36.4 Å². The highest BCUT2D eigenvalue weighted by Gasteiger charge is 2.40. The van der Waals surface area contributed by atoms with Crippen LogP contribution in [0.4, 0.5) is 18.9 Å². The number of ketones is 1. The van der Waals surface area contributed by atoms with E-state index in [9.17, 15) is 22.8 Å².